The van der Waals surface area contributed by atoms with Crippen molar-refractivity contribution in [2.45, 2.75) is 58.3 Å². The van der Waals surface area contributed by atoms with Crippen LogP contribution < -0.4 is 10.1 Å². The van der Waals surface area contributed by atoms with Crippen molar-refractivity contribution in [2.75, 3.05) is 24.2 Å². The molecule has 0 spiro atoms. The van der Waals surface area contributed by atoms with E-state index in [0.29, 0.717) is 35.0 Å². The van der Waals surface area contributed by atoms with Crippen molar-refractivity contribution in [2.24, 2.45) is 23.7 Å². The zero-order valence-corrected chi connectivity index (χ0v) is 17.4. The largest absolute Gasteiger partial charge is 0.492 e. The first-order valence-electron chi connectivity index (χ1n) is 10.0. The molecule has 2 atom stereocenters. The van der Waals surface area contributed by atoms with Crippen LogP contribution in [-0.2, 0) is 16.3 Å². The van der Waals surface area contributed by atoms with Gasteiger partial charge in [0, 0.05) is 18.3 Å². The van der Waals surface area contributed by atoms with Crippen LogP contribution in [0.4, 0.5) is 5.69 Å². The molecule has 5 heteroatoms. The average Bonchev–Trinajstić information content (AvgIpc) is 2.53. The van der Waals surface area contributed by atoms with Gasteiger partial charge in [-0.3, -0.25) is 0 Å². The molecule has 0 amide bonds. The van der Waals surface area contributed by atoms with E-state index in [0.717, 1.165) is 37.1 Å². The number of benzene rings is 1. The molecule has 2 aliphatic rings. The number of anilines is 1. The summed E-state index contributed by atoms with van der Waals surface area (Å²) in [6.45, 7) is 10.3. The smallest absolute Gasteiger partial charge is 0.182 e. The second kappa shape index (κ2) is 7.79. The number of rotatable bonds is 2. The van der Waals surface area contributed by atoms with Gasteiger partial charge in [0.1, 0.15) is 10.6 Å². The van der Waals surface area contributed by atoms with E-state index in [2.05, 4.69) is 33.0 Å². The number of fused-ring (bicyclic) bond motifs is 2. The number of ether oxygens (including phenoxy) is 1. The monoisotopic (exact) mass is 379 g/mol. The van der Waals surface area contributed by atoms with E-state index in [1.807, 2.05) is 12.1 Å². The van der Waals surface area contributed by atoms with Gasteiger partial charge < -0.3 is 10.1 Å². The lowest BCUT2D eigenvalue weighted by Gasteiger charge is -2.28. The van der Waals surface area contributed by atoms with Crippen LogP contribution in [0, 0.1) is 23.7 Å². The summed E-state index contributed by atoms with van der Waals surface area (Å²) < 4.78 is 32.0. The van der Waals surface area contributed by atoms with E-state index in [1.165, 1.54) is 6.42 Å². The van der Waals surface area contributed by atoms with Crippen LogP contribution in [0.3, 0.4) is 0 Å². The van der Waals surface area contributed by atoms with Crippen LogP contribution in [0.25, 0.3) is 0 Å². The second-order valence-electron chi connectivity index (χ2n) is 8.66. The molecule has 0 aliphatic carbocycles. The highest BCUT2D eigenvalue weighted by Crippen LogP contribution is 2.37. The third-order valence-electron chi connectivity index (χ3n) is 6.15. The quantitative estimate of drug-likeness (QED) is 0.820. The fraction of sp³-hybridized carbons (Fsp3) is 0.714. The van der Waals surface area contributed by atoms with Gasteiger partial charge in [-0.2, -0.15) is 0 Å². The van der Waals surface area contributed by atoms with Gasteiger partial charge in [-0.05, 0) is 61.0 Å². The molecular formula is C21H33NO3S. The lowest BCUT2D eigenvalue weighted by atomic mass is 9.88. The minimum absolute atomic E-state index is 0.153. The van der Waals surface area contributed by atoms with Crippen LogP contribution in [0.5, 0.6) is 5.75 Å². The summed E-state index contributed by atoms with van der Waals surface area (Å²) in [6.07, 6.45) is 3.99. The first-order chi connectivity index (χ1) is 12.3. The molecule has 2 aliphatic heterocycles. The Morgan fingerprint density at radius 3 is 2.50 bits per heavy atom. The first kappa shape index (κ1) is 19.5. The number of hydrogen-bond acceptors (Lipinski definition) is 4. The molecule has 0 saturated carbocycles. The molecule has 0 aromatic heterocycles. The topological polar surface area (TPSA) is 55.4 Å². The maximum atomic E-state index is 13.0. The third-order valence-corrected chi connectivity index (χ3v) is 8.00. The molecule has 1 aromatic rings. The summed E-state index contributed by atoms with van der Waals surface area (Å²) in [4.78, 5) is 0.393. The molecular weight excluding hydrogens is 346 g/mol. The summed E-state index contributed by atoms with van der Waals surface area (Å²) in [5, 5.41) is 3.56. The third kappa shape index (κ3) is 4.19. The highest BCUT2D eigenvalue weighted by Gasteiger charge is 2.30. The second-order valence-corrected chi connectivity index (χ2v) is 10.7. The maximum Gasteiger partial charge on any atom is 0.182 e. The molecule has 1 aromatic carbocycles. The summed E-state index contributed by atoms with van der Waals surface area (Å²) in [5.74, 6) is 2.55. The van der Waals surface area contributed by atoms with Crippen molar-refractivity contribution >= 4 is 15.5 Å². The van der Waals surface area contributed by atoms with E-state index >= 15 is 0 Å². The van der Waals surface area contributed by atoms with Gasteiger partial charge in [-0.1, -0.05) is 27.7 Å². The fourth-order valence-corrected chi connectivity index (χ4v) is 6.14. The van der Waals surface area contributed by atoms with Gasteiger partial charge >= 0.3 is 0 Å². The Morgan fingerprint density at radius 1 is 1.08 bits per heavy atom. The van der Waals surface area contributed by atoms with E-state index in [1.54, 1.807) is 0 Å². The van der Waals surface area contributed by atoms with Crippen molar-refractivity contribution in [1.29, 1.82) is 0 Å². The van der Waals surface area contributed by atoms with Crippen molar-refractivity contribution in [1.82, 2.24) is 0 Å². The number of aryl methyl sites for hydroxylation is 1. The SMILES string of the molecule is CC(C)C1CCCc2cc3c(cc2NC1)OCCC(C(C)C)CS3(=O)=O. The zero-order valence-electron chi connectivity index (χ0n) is 16.5. The van der Waals surface area contributed by atoms with E-state index in [-0.39, 0.29) is 11.7 Å². The lowest BCUT2D eigenvalue weighted by molar-refractivity contribution is 0.250. The Balaban J connectivity index is 1.95. The molecule has 0 fully saturated rings. The highest BCUT2D eigenvalue weighted by molar-refractivity contribution is 7.91. The maximum absolute atomic E-state index is 13.0. The minimum Gasteiger partial charge on any atom is -0.492 e. The molecule has 0 bridgehead atoms. The lowest BCUT2D eigenvalue weighted by Crippen LogP contribution is -2.27. The summed E-state index contributed by atoms with van der Waals surface area (Å²) in [7, 11) is -3.33. The Bertz CT molecular complexity index is 740. The molecule has 26 heavy (non-hydrogen) atoms. The van der Waals surface area contributed by atoms with Crippen LogP contribution in [0.15, 0.2) is 17.0 Å². The summed E-state index contributed by atoms with van der Waals surface area (Å²) in [5.41, 5.74) is 2.16. The molecule has 0 saturated heterocycles. The summed E-state index contributed by atoms with van der Waals surface area (Å²) >= 11 is 0. The number of hydrogen-bond donors (Lipinski definition) is 1. The fourth-order valence-electron chi connectivity index (χ4n) is 4.10. The van der Waals surface area contributed by atoms with Crippen molar-refractivity contribution < 1.29 is 13.2 Å². The molecule has 4 nitrogen and oxygen atoms in total. The number of nitrogens with one attached hydrogen (secondary N) is 1. The van der Waals surface area contributed by atoms with Crippen LogP contribution in [-0.4, -0.2) is 27.3 Å². The standard InChI is InChI=1S/C21H33NO3S/c1-14(2)17-7-5-6-16-10-21-20(11-19(16)22-12-17)25-9-8-18(15(3)4)13-26(21,23)24/h10-11,14-15,17-18,22H,5-9,12-13H2,1-4H3. The molecule has 3 rings (SSSR count). The van der Waals surface area contributed by atoms with Crippen LogP contribution in [0.2, 0.25) is 0 Å². The molecule has 146 valence electrons. The number of sulfone groups is 1. The van der Waals surface area contributed by atoms with E-state index in [4.69, 9.17) is 4.74 Å². The summed E-state index contributed by atoms with van der Waals surface area (Å²) in [6, 6.07) is 3.81. The van der Waals surface area contributed by atoms with Gasteiger partial charge in [0.25, 0.3) is 0 Å². The van der Waals surface area contributed by atoms with Gasteiger partial charge in [0.15, 0.2) is 9.84 Å². The predicted octanol–water partition coefficient (Wildman–Crippen LogP) is 4.54. The molecule has 1 N–H and O–H groups in total. The average molecular weight is 380 g/mol. The van der Waals surface area contributed by atoms with Crippen molar-refractivity contribution in [3.05, 3.63) is 17.7 Å². The molecule has 2 heterocycles. The molecule has 0 radical (unpaired) electrons. The van der Waals surface area contributed by atoms with Gasteiger partial charge in [-0.25, -0.2) is 8.42 Å². The Morgan fingerprint density at radius 2 is 1.81 bits per heavy atom. The highest BCUT2D eigenvalue weighted by atomic mass is 32.2. The van der Waals surface area contributed by atoms with Crippen molar-refractivity contribution in [3.8, 4) is 5.75 Å². The zero-order chi connectivity index (χ0) is 18.9. The first-order valence-corrected chi connectivity index (χ1v) is 11.7. The molecule has 2 unspecified atom stereocenters. The Hall–Kier alpha value is -1.23. The minimum atomic E-state index is -3.33. The van der Waals surface area contributed by atoms with Gasteiger partial charge in [0.05, 0.1) is 12.4 Å². The van der Waals surface area contributed by atoms with Crippen LogP contribution in [0.1, 0.15) is 52.5 Å². The van der Waals surface area contributed by atoms with E-state index in [9.17, 15) is 8.42 Å². The van der Waals surface area contributed by atoms with Gasteiger partial charge in [-0.15, -0.1) is 0 Å². The Labute approximate surface area is 158 Å². The van der Waals surface area contributed by atoms with Gasteiger partial charge in [0.2, 0.25) is 0 Å². The van der Waals surface area contributed by atoms with Crippen LogP contribution >= 0.6 is 0 Å². The Kier molecular flexibility index (Phi) is 5.85. The normalized spacial score (nSPS) is 25.8. The van der Waals surface area contributed by atoms with E-state index < -0.39 is 9.84 Å². The predicted molar refractivity (Wildman–Crippen MR) is 107 cm³/mol. The van der Waals surface area contributed by atoms with Crippen molar-refractivity contribution in [3.63, 3.8) is 0 Å².